The Morgan fingerprint density at radius 2 is 1.71 bits per heavy atom. The van der Waals surface area contributed by atoms with Gasteiger partial charge in [0.15, 0.2) is 0 Å². The van der Waals surface area contributed by atoms with E-state index in [1.54, 1.807) is 12.1 Å². The van der Waals surface area contributed by atoms with E-state index in [0.29, 0.717) is 21.6 Å². The van der Waals surface area contributed by atoms with Crippen LogP contribution in [-0.4, -0.2) is 24.4 Å². The van der Waals surface area contributed by atoms with E-state index in [0.717, 1.165) is 11.1 Å². The van der Waals surface area contributed by atoms with Crippen LogP contribution < -0.4 is 5.32 Å². The second-order valence-electron chi connectivity index (χ2n) is 5.75. The number of nitrogens with one attached hydrogen (secondary N) is 1. The van der Waals surface area contributed by atoms with Crippen molar-refractivity contribution in [2.75, 3.05) is 13.6 Å². The molecule has 0 spiro atoms. The van der Waals surface area contributed by atoms with E-state index in [4.69, 9.17) is 34.8 Å². The molecule has 3 nitrogen and oxygen atoms in total. The molecule has 0 bridgehead atoms. The average Bonchev–Trinajstić information content (AvgIpc) is 2.49. The monoisotopic (exact) mass is 384 g/mol. The molecule has 0 radical (unpaired) electrons. The molecule has 6 heteroatoms. The van der Waals surface area contributed by atoms with E-state index in [-0.39, 0.29) is 18.5 Å². The molecule has 1 amide bonds. The van der Waals surface area contributed by atoms with Gasteiger partial charge in [-0.25, -0.2) is 0 Å². The molecule has 24 heavy (non-hydrogen) atoms. The number of likely N-dealkylation sites (N-methyl/N-ethyl adjacent to an activating group) is 1. The van der Waals surface area contributed by atoms with Gasteiger partial charge in [0.1, 0.15) is 0 Å². The summed E-state index contributed by atoms with van der Waals surface area (Å²) in [5, 5.41) is 4.77. The number of benzene rings is 2. The maximum absolute atomic E-state index is 12.2. The fraction of sp³-hybridized carbons (Fsp3) is 0.278. The molecule has 0 aliphatic heterocycles. The fourth-order valence-corrected chi connectivity index (χ4v) is 3.12. The highest BCUT2D eigenvalue weighted by atomic mass is 35.5. The zero-order valence-electron chi connectivity index (χ0n) is 13.5. The zero-order valence-corrected chi connectivity index (χ0v) is 15.8. The van der Waals surface area contributed by atoms with E-state index in [1.807, 2.05) is 49.2 Å². The van der Waals surface area contributed by atoms with Gasteiger partial charge < -0.3 is 5.32 Å². The van der Waals surface area contributed by atoms with Crippen molar-refractivity contribution in [3.05, 3.63) is 68.7 Å². The summed E-state index contributed by atoms with van der Waals surface area (Å²) in [6.45, 7) is 2.85. The van der Waals surface area contributed by atoms with Gasteiger partial charge in [-0.15, -0.1) is 0 Å². The van der Waals surface area contributed by atoms with Crippen LogP contribution in [0.25, 0.3) is 0 Å². The molecule has 1 unspecified atom stereocenters. The van der Waals surface area contributed by atoms with Gasteiger partial charge >= 0.3 is 0 Å². The summed E-state index contributed by atoms with van der Waals surface area (Å²) in [5.74, 6) is -0.0648. The molecule has 0 aliphatic rings. The van der Waals surface area contributed by atoms with E-state index in [1.165, 1.54) is 0 Å². The highest BCUT2D eigenvalue weighted by Gasteiger charge is 2.14. The SMILES string of the molecule is CC(NC(=O)CN(C)Cc1ccc(Cl)cc1)c1ccc(Cl)cc1Cl. The predicted octanol–water partition coefficient (Wildman–Crippen LogP) is 4.96. The van der Waals surface area contributed by atoms with Crippen LogP contribution in [0.15, 0.2) is 42.5 Å². The van der Waals surface area contributed by atoms with Crippen LogP contribution in [0.4, 0.5) is 0 Å². The molecule has 0 saturated heterocycles. The second kappa shape index (κ2) is 8.72. The van der Waals surface area contributed by atoms with Crippen LogP contribution in [-0.2, 0) is 11.3 Å². The van der Waals surface area contributed by atoms with Gasteiger partial charge in [-0.05, 0) is 49.4 Å². The molecular formula is C18H19Cl3N2O. The quantitative estimate of drug-likeness (QED) is 0.762. The normalized spacial score (nSPS) is 12.2. The summed E-state index contributed by atoms with van der Waals surface area (Å²) in [5.41, 5.74) is 1.94. The molecular weight excluding hydrogens is 367 g/mol. The minimum atomic E-state index is -0.189. The number of carbonyl (C=O) groups is 1. The van der Waals surface area contributed by atoms with Crippen LogP contribution >= 0.6 is 34.8 Å². The number of rotatable bonds is 6. The summed E-state index contributed by atoms with van der Waals surface area (Å²) in [6.07, 6.45) is 0. The van der Waals surface area contributed by atoms with E-state index in [9.17, 15) is 4.79 Å². The van der Waals surface area contributed by atoms with Gasteiger partial charge in [-0.1, -0.05) is 53.0 Å². The van der Waals surface area contributed by atoms with Crippen molar-refractivity contribution in [1.29, 1.82) is 0 Å². The zero-order chi connectivity index (χ0) is 17.7. The minimum Gasteiger partial charge on any atom is -0.348 e. The Morgan fingerprint density at radius 3 is 2.33 bits per heavy atom. The largest absolute Gasteiger partial charge is 0.348 e. The van der Waals surface area contributed by atoms with Gasteiger partial charge in [0.25, 0.3) is 0 Å². The summed E-state index contributed by atoms with van der Waals surface area (Å²) in [4.78, 5) is 14.2. The third-order valence-electron chi connectivity index (χ3n) is 3.59. The number of carbonyl (C=O) groups excluding carboxylic acids is 1. The fourth-order valence-electron chi connectivity index (χ4n) is 2.42. The number of nitrogens with zero attached hydrogens (tertiary/aromatic N) is 1. The lowest BCUT2D eigenvalue weighted by molar-refractivity contribution is -0.122. The van der Waals surface area contributed by atoms with Crippen LogP contribution in [0.5, 0.6) is 0 Å². The van der Waals surface area contributed by atoms with Crippen LogP contribution in [0.1, 0.15) is 24.1 Å². The molecule has 2 aromatic rings. The average molecular weight is 386 g/mol. The lowest BCUT2D eigenvalue weighted by Crippen LogP contribution is -2.36. The van der Waals surface area contributed by atoms with Gasteiger partial charge in [0.05, 0.1) is 12.6 Å². The van der Waals surface area contributed by atoms with Gasteiger partial charge in [0, 0.05) is 21.6 Å². The van der Waals surface area contributed by atoms with Crippen molar-refractivity contribution in [1.82, 2.24) is 10.2 Å². The first kappa shape index (κ1) is 19.1. The van der Waals surface area contributed by atoms with Crippen LogP contribution in [0.2, 0.25) is 15.1 Å². The second-order valence-corrected chi connectivity index (χ2v) is 7.03. The van der Waals surface area contributed by atoms with E-state index < -0.39 is 0 Å². The number of hydrogen-bond donors (Lipinski definition) is 1. The van der Waals surface area contributed by atoms with E-state index >= 15 is 0 Å². The maximum atomic E-state index is 12.2. The summed E-state index contributed by atoms with van der Waals surface area (Å²) in [7, 11) is 1.90. The summed E-state index contributed by atoms with van der Waals surface area (Å²) in [6, 6.07) is 12.7. The van der Waals surface area contributed by atoms with Crippen molar-refractivity contribution in [2.24, 2.45) is 0 Å². The Balaban J connectivity index is 1.88. The van der Waals surface area contributed by atoms with Gasteiger partial charge in [-0.3, -0.25) is 9.69 Å². The van der Waals surface area contributed by atoms with Crippen molar-refractivity contribution in [2.45, 2.75) is 19.5 Å². The Labute approximate surface area is 157 Å². The first-order valence-corrected chi connectivity index (χ1v) is 8.66. The van der Waals surface area contributed by atoms with E-state index in [2.05, 4.69) is 5.32 Å². The molecule has 0 aliphatic carbocycles. The van der Waals surface area contributed by atoms with Gasteiger partial charge in [-0.2, -0.15) is 0 Å². The Bertz CT molecular complexity index is 704. The number of amides is 1. The third-order valence-corrected chi connectivity index (χ3v) is 4.40. The number of hydrogen-bond acceptors (Lipinski definition) is 2. The highest BCUT2D eigenvalue weighted by molar-refractivity contribution is 6.35. The van der Waals surface area contributed by atoms with Gasteiger partial charge in [0.2, 0.25) is 5.91 Å². The standard InChI is InChI=1S/C18H19Cl3N2O/c1-12(16-8-7-15(20)9-17(16)21)22-18(24)11-23(2)10-13-3-5-14(19)6-4-13/h3-9,12H,10-11H2,1-2H3,(H,22,24). The lowest BCUT2D eigenvalue weighted by atomic mass is 10.1. The smallest absolute Gasteiger partial charge is 0.234 e. The summed E-state index contributed by atoms with van der Waals surface area (Å²) >= 11 is 17.9. The molecule has 1 N–H and O–H groups in total. The summed E-state index contributed by atoms with van der Waals surface area (Å²) < 4.78 is 0. The van der Waals surface area contributed by atoms with Crippen molar-refractivity contribution in [3.63, 3.8) is 0 Å². The molecule has 0 fully saturated rings. The Hall–Kier alpha value is -1.26. The first-order valence-electron chi connectivity index (χ1n) is 7.52. The van der Waals surface area contributed by atoms with Crippen molar-refractivity contribution < 1.29 is 4.79 Å². The maximum Gasteiger partial charge on any atom is 0.234 e. The molecule has 0 saturated carbocycles. The molecule has 128 valence electrons. The third kappa shape index (κ3) is 5.67. The molecule has 0 aromatic heterocycles. The Morgan fingerprint density at radius 1 is 1.08 bits per heavy atom. The van der Waals surface area contributed by atoms with Crippen molar-refractivity contribution >= 4 is 40.7 Å². The molecule has 2 rings (SSSR count). The van der Waals surface area contributed by atoms with Crippen LogP contribution in [0.3, 0.4) is 0 Å². The Kier molecular flexibility index (Phi) is 6.93. The highest BCUT2D eigenvalue weighted by Crippen LogP contribution is 2.26. The molecule has 1 atom stereocenters. The topological polar surface area (TPSA) is 32.3 Å². The lowest BCUT2D eigenvalue weighted by Gasteiger charge is -2.20. The molecule has 2 aromatic carbocycles. The predicted molar refractivity (Wildman–Crippen MR) is 101 cm³/mol. The molecule has 0 heterocycles. The number of halogens is 3. The van der Waals surface area contributed by atoms with Crippen molar-refractivity contribution in [3.8, 4) is 0 Å². The first-order chi connectivity index (χ1) is 11.3. The minimum absolute atomic E-state index is 0.0648. The van der Waals surface area contributed by atoms with Crippen LogP contribution in [0, 0.1) is 0 Å².